The molecule has 0 saturated carbocycles. The van der Waals surface area contributed by atoms with Crippen LogP contribution in [-0.4, -0.2) is 44.6 Å². The number of rotatable bonds is 9. The van der Waals surface area contributed by atoms with Crippen molar-refractivity contribution in [1.29, 1.82) is 0 Å². The fourth-order valence-electron chi connectivity index (χ4n) is 1.72. The lowest BCUT2D eigenvalue weighted by Crippen LogP contribution is -2.22. The Bertz CT molecular complexity index is 438. The Morgan fingerprint density at radius 2 is 2.20 bits per heavy atom. The zero-order valence-electron chi connectivity index (χ0n) is 12.0. The molecule has 0 unspecified atom stereocenters. The largest absolute Gasteiger partial charge is 0.483 e. The predicted molar refractivity (Wildman–Crippen MR) is 83.7 cm³/mol. The van der Waals surface area contributed by atoms with Crippen molar-refractivity contribution in [2.24, 2.45) is 5.73 Å². The second-order valence-corrected chi connectivity index (χ2v) is 5.76. The molecule has 0 saturated heterocycles. The number of hydrogen-bond donors (Lipinski definition) is 2. The second kappa shape index (κ2) is 8.94. The van der Waals surface area contributed by atoms with Gasteiger partial charge in [0.25, 0.3) is 5.91 Å². The Morgan fingerprint density at radius 3 is 2.85 bits per heavy atom. The van der Waals surface area contributed by atoms with Gasteiger partial charge in [-0.1, -0.05) is 15.9 Å². The van der Waals surface area contributed by atoms with Gasteiger partial charge in [-0.2, -0.15) is 0 Å². The molecule has 0 atom stereocenters. The van der Waals surface area contributed by atoms with Gasteiger partial charge in [0.05, 0.1) is 0 Å². The summed E-state index contributed by atoms with van der Waals surface area (Å²) in [6, 6.07) is 5.70. The number of carbonyl (C=O) groups excluding carboxylic acids is 1. The molecule has 0 aliphatic carbocycles. The van der Waals surface area contributed by atoms with E-state index in [-0.39, 0.29) is 6.61 Å². The average Bonchev–Trinajstić information content (AvgIpc) is 2.36. The lowest BCUT2D eigenvalue weighted by Gasteiger charge is -2.13. The van der Waals surface area contributed by atoms with Crippen LogP contribution >= 0.6 is 15.9 Å². The molecular weight excluding hydrogens is 322 g/mol. The summed E-state index contributed by atoms with van der Waals surface area (Å²) >= 11 is 3.44. The molecule has 0 aliphatic rings. The highest BCUT2D eigenvalue weighted by molar-refractivity contribution is 9.10. The van der Waals surface area contributed by atoms with E-state index in [9.17, 15) is 4.79 Å². The monoisotopic (exact) mass is 343 g/mol. The third-order valence-electron chi connectivity index (χ3n) is 2.67. The van der Waals surface area contributed by atoms with Crippen LogP contribution in [0.2, 0.25) is 0 Å². The first-order valence-corrected chi connectivity index (χ1v) is 7.33. The summed E-state index contributed by atoms with van der Waals surface area (Å²) in [6.45, 7) is 2.58. The first-order valence-electron chi connectivity index (χ1n) is 6.54. The van der Waals surface area contributed by atoms with E-state index in [2.05, 4.69) is 40.2 Å². The molecule has 6 heteroatoms. The lowest BCUT2D eigenvalue weighted by atomic mass is 10.2. The molecule has 112 valence electrons. The number of halogens is 1. The van der Waals surface area contributed by atoms with E-state index in [1.807, 2.05) is 18.2 Å². The van der Waals surface area contributed by atoms with Gasteiger partial charge in [0, 0.05) is 16.6 Å². The van der Waals surface area contributed by atoms with Crippen molar-refractivity contribution in [2.45, 2.75) is 13.0 Å². The van der Waals surface area contributed by atoms with Crippen LogP contribution in [0.4, 0.5) is 0 Å². The van der Waals surface area contributed by atoms with Gasteiger partial charge in [0.15, 0.2) is 6.61 Å². The van der Waals surface area contributed by atoms with E-state index in [4.69, 9.17) is 10.5 Å². The maximum atomic E-state index is 10.8. The number of ether oxygens (including phenoxy) is 1. The summed E-state index contributed by atoms with van der Waals surface area (Å²) in [7, 11) is 4.12. The summed E-state index contributed by atoms with van der Waals surface area (Å²) < 4.78 is 6.39. The quantitative estimate of drug-likeness (QED) is 0.664. The normalized spacial score (nSPS) is 10.8. The molecule has 0 fully saturated rings. The number of nitrogens with zero attached hydrogens (tertiary/aromatic N) is 1. The fourth-order valence-corrected chi connectivity index (χ4v) is 2.13. The lowest BCUT2D eigenvalue weighted by molar-refractivity contribution is -0.119. The summed E-state index contributed by atoms with van der Waals surface area (Å²) in [4.78, 5) is 12.9. The highest BCUT2D eigenvalue weighted by Crippen LogP contribution is 2.23. The molecule has 0 aromatic heterocycles. The summed E-state index contributed by atoms with van der Waals surface area (Å²) in [5, 5.41) is 3.37. The highest BCUT2D eigenvalue weighted by Gasteiger charge is 2.06. The van der Waals surface area contributed by atoms with E-state index in [1.165, 1.54) is 0 Å². The topological polar surface area (TPSA) is 67.6 Å². The smallest absolute Gasteiger partial charge is 0.255 e. The van der Waals surface area contributed by atoms with Gasteiger partial charge < -0.3 is 20.7 Å². The first-order chi connectivity index (χ1) is 9.49. The van der Waals surface area contributed by atoms with Gasteiger partial charge >= 0.3 is 0 Å². The Morgan fingerprint density at radius 1 is 1.45 bits per heavy atom. The molecule has 0 aliphatic heterocycles. The number of amides is 1. The van der Waals surface area contributed by atoms with Gasteiger partial charge in [-0.25, -0.2) is 0 Å². The Hall–Kier alpha value is -1.11. The summed E-state index contributed by atoms with van der Waals surface area (Å²) in [6.07, 6.45) is 1.08. The number of nitrogens with two attached hydrogens (primary N) is 1. The maximum Gasteiger partial charge on any atom is 0.255 e. The van der Waals surface area contributed by atoms with Crippen molar-refractivity contribution in [3.8, 4) is 5.75 Å². The fraction of sp³-hybridized carbons (Fsp3) is 0.500. The van der Waals surface area contributed by atoms with E-state index in [0.717, 1.165) is 29.5 Å². The maximum absolute atomic E-state index is 10.8. The predicted octanol–water partition coefficient (Wildman–Crippen LogP) is 1.35. The minimum atomic E-state index is -0.474. The minimum Gasteiger partial charge on any atom is -0.483 e. The van der Waals surface area contributed by atoms with Crippen molar-refractivity contribution in [1.82, 2.24) is 10.2 Å². The number of nitrogens with one attached hydrogen (secondary N) is 1. The van der Waals surface area contributed by atoms with Crippen LogP contribution in [0.3, 0.4) is 0 Å². The molecule has 1 amide bonds. The number of benzene rings is 1. The van der Waals surface area contributed by atoms with Crippen LogP contribution in [-0.2, 0) is 11.3 Å². The standard InChI is InChI=1S/C14H22BrN3O2/c1-18(2)7-3-6-17-9-11-8-12(15)4-5-13(11)20-10-14(16)19/h4-5,8,17H,3,6-7,9-10H2,1-2H3,(H2,16,19). The van der Waals surface area contributed by atoms with Crippen LogP contribution in [0.1, 0.15) is 12.0 Å². The van der Waals surface area contributed by atoms with Crippen molar-refractivity contribution < 1.29 is 9.53 Å². The van der Waals surface area contributed by atoms with Crippen LogP contribution in [0.15, 0.2) is 22.7 Å². The molecule has 1 aromatic rings. The number of carbonyl (C=O) groups is 1. The third-order valence-corrected chi connectivity index (χ3v) is 3.16. The zero-order valence-corrected chi connectivity index (χ0v) is 13.6. The highest BCUT2D eigenvalue weighted by atomic mass is 79.9. The molecule has 0 bridgehead atoms. The molecule has 1 aromatic carbocycles. The van der Waals surface area contributed by atoms with Crippen molar-refractivity contribution >= 4 is 21.8 Å². The van der Waals surface area contributed by atoms with Gasteiger partial charge in [0.1, 0.15) is 5.75 Å². The van der Waals surface area contributed by atoms with Crippen LogP contribution < -0.4 is 15.8 Å². The van der Waals surface area contributed by atoms with Gasteiger partial charge in [-0.05, 0) is 51.8 Å². The molecular formula is C14H22BrN3O2. The molecule has 20 heavy (non-hydrogen) atoms. The zero-order chi connectivity index (χ0) is 15.0. The second-order valence-electron chi connectivity index (χ2n) is 4.84. The van der Waals surface area contributed by atoms with Crippen molar-refractivity contribution in [3.05, 3.63) is 28.2 Å². The Balaban J connectivity index is 2.49. The van der Waals surface area contributed by atoms with Gasteiger partial charge in [-0.3, -0.25) is 4.79 Å². The van der Waals surface area contributed by atoms with E-state index in [1.54, 1.807) is 0 Å². The third kappa shape index (κ3) is 6.88. The molecule has 5 nitrogen and oxygen atoms in total. The average molecular weight is 344 g/mol. The molecule has 0 spiro atoms. The van der Waals surface area contributed by atoms with Crippen LogP contribution in [0.5, 0.6) is 5.75 Å². The molecule has 1 rings (SSSR count). The Kier molecular flexibility index (Phi) is 7.58. The van der Waals surface area contributed by atoms with Gasteiger partial charge in [-0.15, -0.1) is 0 Å². The molecule has 3 N–H and O–H groups in total. The number of hydrogen-bond acceptors (Lipinski definition) is 4. The van der Waals surface area contributed by atoms with E-state index >= 15 is 0 Å². The van der Waals surface area contributed by atoms with Crippen LogP contribution in [0, 0.1) is 0 Å². The van der Waals surface area contributed by atoms with Gasteiger partial charge in [0.2, 0.25) is 0 Å². The molecule has 0 heterocycles. The summed E-state index contributed by atoms with van der Waals surface area (Å²) in [5.41, 5.74) is 6.10. The molecule has 0 radical (unpaired) electrons. The SMILES string of the molecule is CN(C)CCCNCc1cc(Br)ccc1OCC(N)=O. The minimum absolute atomic E-state index is 0.102. The van der Waals surface area contributed by atoms with E-state index in [0.29, 0.717) is 12.3 Å². The number of primary amides is 1. The van der Waals surface area contributed by atoms with Crippen molar-refractivity contribution in [2.75, 3.05) is 33.8 Å². The Labute approximate surface area is 128 Å². The van der Waals surface area contributed by atoms with Crippen LogP contribution in [0.25, 0.3) is 0 Å². The summed E-state index contributed by atoms with van der Waals surface area (Å²) in [5.74, 6) is 0.213. The first kappa shape index (κ1) is 16.9. The van der Waals surface area contributed by atoms with E-state index < -0.39 is 5.91 Å². The van der Waals surface area contributed by atoms with Crippen molar-refractivity contribution in [3.63, 3.8) is 0 Å².